The Morgan fingerprint density at radius 2 is 2.42 bits per heavy atom. The lowest BCUT2D eigenvalue weighted by molar-refractivity contribution is -0.136. The highest BCUT2D eigenvalue weighted by Crippen LogP contribution is 2.21. The number of aliphatic carboxylic acids is 1. The van der Waals surface area contributed by atoms with Crippen molar-refractivity contribution in [3.05, 3.63) is 12.7 Å². The van der Waals surface area contributed by atoms with Gasteiger partial charge in [-0.3, -0.25) is 4.79 Å². The molecule has 0 amide bonds. The average molecular weight is 222 g/mol. The molecule has 2 nitrogen and oxygen atoms in total. The second-order valence-electron chi connectivity index (χ2n) is 1.95. The van der Waals surface area contributed by atoms with Crippen molar-refractivity contribution >= 4 is 45.2 Å². The first-order chi connectivity index (χ1) is 5.57. The number of hydrogen-bond acceptors (Lipinski definition) is 4. The molecule has 1 unspecified atom stereocenters. The van der Waals surface area contributed by atoms with Crippen molar-refractivity contribution in [3.63, 3.8) is 0 Å². The molecule has 0 saturated heterocycles. The molecular formula is C7H10O2S3. The van der Waals surface area contributed by atoms with E-state index in [9.17, 15) is 4.79 Å². The Balaban J connectivity index is 3.68. The maximum Gasteiger partial charge on any atom is 0.316 e. The third-order valence-corrected chi connectivity index (χ3v) is 3.61. The zero-order valence-corrected chi connectivity index (χ0v) is 9.10. The van der Waals surface area contributed by atoms with Crippen molar-refractivity contribution in [3.8, 4) is 0 Å². The molecule has 0 aliphatic rings. The van der Waals surface area contributed by atoms with Gasteiger partial charge in [0.15, 0.2) is 0 Å². The third-order valence-electron chi connectivity index (χ3n) is 0.940. The summed E-state index contributed by atoms with van der Waals surface area (Å²) < 4.78 is 0.657. The topological polar surface area (TPSA) is 37.3 Å². The minimum atomic E-state index is -0.832. The zero-order valence-electron chi connectivity index (χ0n) is 6.65. The fourth-order valence-corrected chi connectivity index (χ4v) is 2.55. The van der Waals surface area contributed by atoms with E-state index in [4.69, 9.17) is 17.3 Å². The molecule has 0 heterocycles. The molecule has 0 spiro atoms. The first-order valence-corrected chi connectivity index (χ1v) is 5.52. The molecule has 1 N–H and O–H groups in total. The summed E-state index contributed by atoms with van der Waals surface area (Å²) in [6.45, 7) is 5.16. The van der Waals surface area contributed by atoms with Gasteiger partial charge in [-0.2, -0.15) is 0 Å². The number of carbonyl (C=O) groups is 1. The monoisotopic (exact) mass is 222 g/mol. The van der Waals surface area contributed by atoms with Gasteiger partial charge in [0, 0.05) is 5.75 Å². The van der Waals surface area contributed by atoms with Gasteiger partial charge in [0.2, 0.25) is 0 Å². The van der Waals surface area contributed by atoms with Gasteiger partial charge in [0.05, 0.1) is 0 Å². The number of carboxylic acid groups (broad SMARTS) is 1. The molecule has 0 aromatic heterocycles. The quantitative estimate of drug-likeness (QED) is 0.584. The predicted molar refractivity (Wildman–Crippen MR) is 59.9 cm³/mol. The lowest BCUT2D eigenvalue weighted by Crippen LogP contribution is -2.12. The summed E-state index contributed by atoms with van der Waals surface area (Å²) in [5.74, 6) is -0.0976. The molecule has 0 fully saturated rings. The third kappa shape index (κ3) is 5.62. The summed E-state index contributed by atoms with van der Waals surface area (Å²) >= 11 is 7.56. The highest BCUT2D eigenvalue weighted by molar-refractivity contribution is 8.47. The van der Waals surface area contributed by atoms with Gasteiger partial charge < -0.3 is 5.11 Å². The van der Waals surface area contributed by atoms with E-state index in [2.05, 4.69) is 6.58 Å². The van der Waals surface area contributed by atoms with E-state index in [0.717, 1.165) is 5.75 Å². The Hall–Kier alpha value is -0.000000000000000111. The minimum Gasteiger partial charge on any atom is -0.480 e. The van der Waals surface area contributed by atoms with Gasteiger partial charge in [-0.15, -0.1) is 18.3 Å². The summed E-state index contributed by atoms with van der Waals surface area (Å²) in [6, 6.07) is 0. The molecule has 0 radical (unpaired) electrons. The summed E-state index contributed by atoms with van der Waals surface area (Å²) in [4.78, 5) is 10.4. The van der Waals surface area contributed by atoms with Crippen LogP contribution in [0.15, 0.2) is 12.7 Å². The van der Waals surface area contributed by atoms with Gasteiger partial charge >= 0.3 is 5.97 Å². The van der Waals surface area contributed by atoms with Crippen LogP contribution in [-0.2, 0) is 4.79 Å². The molecule has 5 heteroatoms. The van der Waals surface area contributed by atoms with Gasteiger partial charge in [-0.1, -0.05) is 30.1 Å². The number of thioether (sulfide) groups is 2. The first-order valence-electron chi connectivity index (χ1n) is 3.25. The van der Waals surface area contributed by atoms with Crippen molar-refractivity contribution in [2.24, 2.45) is 0 Å². The van der Waals surface area contributed by atoms with Crippen LogP contribution in [0.5, 0.6) is 0 Å². The summed E-state index contributed by atoms with van der Waals surface area (Å²) in [5.41, 5.74) is 0. The second kappa shape index (κ2) is 6.51. The number of carboxylic acids is 1. The van der Waals surface area contributed by atoms with Crippen LogP contribution >= 0.6 is 35.7 Å². The molecule has 0 aromatic rings. The number of hydrogen-bond donors (Lipinski definition) is 1. The number of thiocarbonyl (C=S) groups is 1. The smallest absolute Gasteiger partial charge is 0.316 e. The molecule has 0 rings (SSSR count). The van der Waals surface area contributed by atoms with E-state index in [0.29, 0.717) is 3.53 Å². The highest BCUT2D eigenvalue weighted by Gasteiger charge is 2.13. The maximum absolute atomic E-state index is 10.4. The van der Waals surface area contributed by atoms with Crippen LogP contribution in [-0.4, -0.2) is 25.6 Å². The number of rotatable bonds is 4. The van der Waals surface area contributed by atoms with Crippen LogP contribution < -0.4 is 0 Å². The van der Waals surface area contributed by atoms with Crippen molar-refractivity contribution in [1.29, 1.82) is 0 Å². The molecule has 0 aromatic carbocycles. The van der Waals surface area contributed by atoms with Crippen LogP contribution in [0.4, 0.5) is 0 Å². The van der Waals surface area contributed by atoms with E-state index in [1.54, 1.807) is 13.0 Å². The highest BCUT2D eigenvalue weighted by atomic mass is 32.2. The molecule has 0 bridgehead atoms. The van der Waals surface area contributed by atoms with Crippen LogP contribution in [0.25, 0.3) is 0 Å². The van der Waals surface area contributed by atoms with E-state index < -0.39 is 11.2 Å². The van der Waals surface area contributed by atoms with Gasteiger partial charge in [0.25, 0.3) is 0 Å². The van der Waals surface area contributed by atoms with Gasteiger partial charge in [-0.25, -0.2) is 0 Å². The predicted octanol–water partition coefficient (Wildman–Crippen LogP) is 2.40. The Labute approximate surface area is 85.8 Å². The Kier molecular flexibility index (Phi) is 6.51. The molecule has 12 heavy (non-hydrogen) atoms. The summed E-state index contributed by atoms with van der Waals surface area (Å²) in [5, 5.41) is 8.08. The van der Waals surface area contributed by atoms with Crippen LogP contribution in [0.3, 0.4) is 0 Å². The minimum absolute atomic E-state index is 0.463. The van der Waals surface area contributed by atoms with E-state index in [1.807, 2.05) is 0 Å². The lowest BCUT2D eigenvalue weighted by Gasteiger charge is -2.04. The molecule has 0 aliphatic heterocycles. The second-order valence-corrected chi connectivity index (χ2v) is 5.51. The van der Waals surface area contributed by atoms with Gasteiger partial charge in [-0.05, 0) is 6.92 Å². The lowest BCUT2D eigenvalue weighted by atomic mass is 10.5. The Bertz CT molecular complexity index is 191. The van der Waals surface area contributed by atoms with Crippen molar-refractivity contribution in [2.45, 2.75) is 12.2 Å². The van der Waals surface area contributed by atoms with Crippen LogP contribution in [0, 0.1) is 0 Å². The summed E-state index contributed by atoms with van der Waals surface area (Å²) in [6.07, 6.45) is 1.74. The van der Waals surface area contributed by atoms with Gasteiger partial charge in [0.1, 0.15) is 8.78 Å². The molecule has 0 saturated carbocycles. The fraction of sp³-hybridized carbons (Fsp3) is 0.429. The maximum atomic E-state index is 10.4. The van der Waals surface area contributed by atoms with E-state index >= 15 is 0 Å². The normalized spacial score (nSPS) is 12.1. The molecule has 68 valence electrons. The average Bonchev–Trinajstić information content (AvgIpc) is 2.00. The van der Waals surface area contributed by atoms with Crippen molar-refractivity contribution in [2.75, 3.05) is 5.75 Å². The van der Waals surface area contributed by atoms with Crippen molar-refractivity contribution < 1.29 is 9.90 Å². The van der Waals surface area contributed by atoms with E-state index in [-0.39, 0.29) is 0 Å². The Morgan fingerprint density at radius 1 is 1.83 bits per heavy atom. The molecule has 1 atom stereocenters. The fourth-order valence-electron chi connectivity index (χ4n) is 0.356. The molecule has 0 aliphatic carbocycles. The SMILES string of the molecule is C=CCSC(=S)SC(C)C(=O)O. The van der Waals surface area contributed by atoms with E-state index in [1.165, 1.54) is 23.5 Å². The molecular weight excluding hydrogens is 212 g/mol. The van der Waals surface area contributed by atoms with Crippen molar-refractivity contribution in [1.82, 2.24) is 0 Å². The first kappa shape index (κ1) is 12.0. The Morgan fingerprint density at radius 3 is 2.83 bits per heavy atom. The largest absolute Gasteiger partial charge is 0.480 e. The summed E-state index contributed by atoms with van der Waals surface area (Å²) in [7, 11) is 0. The standard InChI is InChI=1S/C7H10O2S3/c1-3-4-11-7(10)12-5(2)6(8)9/h3,5H,1,4H2,2H3,(H,8,9). The zero-order chi connectivity index (χ0) is 9.56. The van der Waals surface area contributed by atoms with Crippen LogP contribution in [0.1, 0.15) is 6.92 Å². The van der Waals surface area contributed by atoms with Crippen LogP contribution in [0.2, 0.25) is 0 Å².